The second kappa shape index (κ2) is 6.90. The third-order valence-electron chi connectivity index (χ3n) is 3.44. The molecule has 2 amide bonds. The van der Waals surface area contributed by atoms with Crippen molar-refractivity contribution in [1.29, 1.82) is 0 Å². The summed E-state index contributed by atoms with van der Waals surface area (Å²) in [5.74, 6) is 0. The first kappa shape index (κ1) is 15.1. The summed E-state index contributed by atoms with van der Waals surface area (Å²) in [5, 5.41) is 15.5. The van der Waals surface area contributed by atoms with Gasteiger partial charge in [-0.25, -0.2) is 4.79 Å². The molecule has 112 valence electrons. The molecule has 0 radical (unpaired) electrons. The number of aromatic nitrogens is 2. The summed E-state index contributed by atoms with van der Waals surface area (Å²) < 4.78 is 0. The van der Waals surface area contributed by atoms with Crippen LogP contribution >= 0.6 is 0 Å². The van der Waals surface area contributed by atoms with Crippen molar-refractivity contribution in [1.82, 2.24) is 20.8 Å². The minimum absolute atomic E-state index is 0.108. The van der Waals surface area contributed by atoms with Crippen molar-refractivity contribution in [2.45, 2.75) is 25.9 Å². The van der Waals surface area contributed by atoms with E-state index in [0.29, 0.717) is 0 Å². The molecule has 0 bridgehead atoms. The maximum Gasteiger partial charge on any atom is 0.319 e. The smallest absolute Gasteiger partial charge is 0.319 e. The Morgan fingerprint density at radius 3 is 2.71 bits per heavy atom. The normalized spacial score (nSPS) is 13.5. The third-order valence-corrected chi connectivity index (χ3v) is 3.44. The first-order chi connectivity index (χ1) is 10.1. The Hall–Kier alpha value is -2.34. The molecule has 2 atom stereocenters. The Morgan fingerprint density at radius 1 is 1.24 bits per heavy atom. The van der Waals surface area contributed by atoms with Crippen LogP contribution in [0.25, 0.3) is 0 Å². The highest BCUT2D eigenvalue weighted by Crippen LogP contribution is 2.17. The molecule has 1 aromatic heterocycles. The van der Waals surface area contributed by atoms with Gasteiger partial charge in [0.2, 0.25) is 0 Å². The van der Waals surface area contributed by atoms with Gasteiger partial charge in [-0.15, -0.1) is 0 Å². The number of nitrogens with one attached hydrogen (secondary N) is 4. The van der Waals surface area contributed by atoms with E-state index in [-0.39, 0.29) is 18.1 Å². The lowest BCUT2D eigenvalue weighted by atomic mass is 10.1. The number of hydrogen-bond acceptors (Lipinski definition) is 3. The van der Waals surface area contributed by atoms with E-state index in [4.69, 9.17) is 0 Å². The second-order valence-electron chi connectivity index (χ2n) is 4.99. The average molecular weight is 287 g/mol. The van der Waals surface area contributed by atoms with Gasteiger partial charge in [-0.3, -0.25) is 5.10 Å². The van der Waals surface area contributed by atoms with E-state index in [1.165, 1.54) is 0 Å². The van der Waals surface area contributed by atoms with Gasteiger partial charge in [-0.1, -0.05) is 12.1 Å². The van der Waals surface area contributed by atoms with Crippen LogP contribution in [0.2, 0.25) is 0 Å². The van der Waals surface area contributed by atoms with E-state index in [1.54, 1.807) is 12.4 Å². The van der Waals surface area contributed by atoms with E-state index in [2.05, 4.69) is 33.1 Å². The minimum atomic E-state index is -0.238. The van der Waals surface area contributed by atoms with Crippen molar-refractivity contribution in [2.75, 3.05) is 12.4 Å². The van der Waals surface area contributed by atoms with Crippen molar-refractivity contribution in [3.8, 4) is 0 Å². The number of anilines is 1. The van der Waals surface area contributed by atoms with Crippen LogP contribution in [0.3, 0.4) is 0 Å². The Bertz CT molecular complexity index is 582. The summed E-state index contributed by atoms with van der Waals surface area (Å²) in [4.78, 5) is 12.0. The van der Waals surface area contributed by atoms with Crippen LogP contribution in [-0.2, 0) is 0 Å². The molecule has 0 aliphatic carbocycles. The topological polar surface area (TPSA) is 81.8 Å². The van der Waals surface area contributed by atoms with Crippen molar-refractivity contribution in [2.24, 2.45) is 0 Å². The molecule has 6 heteroatoms. The fourth-order valence-corrected chi connectivity index (χ4v) is 2.00. The van der Waals surface area contributed by atoms with Crippen LogP contribution in [0.1, 0.15) is 37.1 Å². The lowest BCUT2D eigenvalue weighted by Gasteiger charge is -2.15. The quantitative estimate of drug-likeness (QED) is 0.682. The maximum atomic E-state index is 12.0. The van der Waals surface area contributed by atoms with Crippen molar-refractivity contribution in [3.63, 3.8) is 0 Å². The fourth-order valence-electron chi connectivity index (χ4n) is 2.00. The molecule has 0 aliphatic rings. The molecule has 0 aliphatic heterocycles. The molecule has 2 rings (SSSR count). The number of benzene rings is 1. The van der Waals surface area contributed by atoms with Gasteiger partial charge < -0.3 is 16.0 Å². The molecule has 1 aromatic carbocycles. The summed E-state index contributed by atoms with van der Waals surface area (Å²) >= 11 is 0. The van der Waals surface area contributed by atoms with E-state index < -0.39 is 0 Å². The Morgan fingerprint density at radius 2 is 2.05 bits per heavy atom. The minimum Gasteiger partial charge on any atom is -0.331 e. The molecular weight excluding hydrogens is 266 g/mol. The molecular formula is C15H21N5O. The summed E-state index contributed by atoms with van der Waals surface area (Å²) in [6, 6.07) is 7.68. The van der Waals surface area contributed by atoms with E-state index in [9.17, 15) is 4.79 Å². The third kappa shape index (κ3) is 4.06. The highest BCUT2D eigenvalue weighted by Gasteiger charge is 2.11. The van der Waals surface area contributed by atoms with Crippen LogP contribution in [-0.4, -0.2) is 23.3 Å². The Labute approximate surface area is 124 Å². The molecule has 0 saturated heterocycles. The average Bonchev–Trinajstić information content (AvgIpc) is 3.00. The van der Waals surface area contributed by atoms with Crippen molar-refractivity contribution < 1.29 is 4.79 Å². The Balaban J connectivity index is 1.96. The molecule has 4 N–H and O–H groups in total. The zero-order chi connectivity index (χ0) is 15.2. The van der Waals surface area contributed by atoms with Gasteiger partial charge in [-0.2, -0.15) is 5.10 Å². The number of amides is 2. The lowest BCUT2D eigenvalue weighted by molar-refractivity contribution is 0.249. The van der Waals surface area contributed by atoms with Gasteiger partial charge in [0.25, 0.3) is 0 Å². The molecule has 21 heavy (non-hydrogen) atoms. The van der Waals surface area contributed by atoms with Gasteiger partial charge in [0.1, 0.15) is 0 Å². The van der Waals surface area contributed by atoms with Crippen LogP contribution in [0.5, 0.6) is 0 Å². The molecule has 6 nitrogen and oxygen atoms in total. The van der Waals surface area contributed by atoms with E-state index in [0.717, 1.165) is 16.8 Å². The first-order valence-corrected chi connectivity index (χ1v) is 6.93. The standard InChI is InChI=1S/C15H21N5O/c1-10(16-3)12-5-4-6-14(7-12)20-15(21)19-11(2)13-8-17-18-9-13/h4-11,16H,1-3H3,(H,17,18)(H2,19,20,21). The predicted octanol–water partition coefficient (Wildman–Crippen LogP) is 2.57. The van der Waals surface area contributed by atoms with Crippen LogP contribution in [0.4, 0.5) is 10.5 Å². The zero-order valence-electron chi connectivity index (χ0n) is 12.5. The fraction of sp³-hybridized carbons (Fsp3) is 0.333. The SMILES string of the molecule is CNC(C)c1cccc(NC(=O)NC(C)c2cn[nH]c2)c1. The molecule has 0 fully saturated rings. The molecule has 2 unspecified atom stereocenters. The van der Waals surface area contributed by atoms with Crippen LogP contribution < -0.4 is 16.0 Å². The summed E-state index contributed by atoms with van der Waals surface area (Å²) in [7, 11) is 1.91. The number of carbonyl (C=O) groups is 1. The second-order valence-corrected chi connectivity index (χ2v) is 4.99. The number of aromatic amines is 1. The van der Waals surface area contributed by atoms with Gasteiger partial charge in [0.05, 0.1) is 12.2 Å². The molecule has 0 spiro atoms. The maximum absolute atomic E-state index is 12.0. The number of rotatable bonds is 5. The first-order valence-electron chi connectivity index (χ1n) is 6.93. The molecule has 0 saturated carbocycles. The van der Waals surface area contributed by atoms with E-state index in [1.807, 2.05) is 38.2 Å². The zero-order valence-corrected chi connectivity index (χ0v) is 12.5. The van der Waals surface area contributed by atoms with Gasteiger partial charge in [0.15, 0.2) is 0 Å². The largest absolute Gasteiger partial charge is 0.331 e. The summed E-state index contributed by atoms with van der Waals surface area (Å²) in [5.41, 5.74) is 2.83. The van der Waals surface area contributed by atoms with Crippen LogP contribution in [0.15, 0.2) is 36.7 Å². The van der Waals surface area contributed by atoms with Crippen molar-refractivity contribution in [3.05, 3.63) is 47.8 Å². The highest BCUT2D eigenvalue weighted by molar-refractivity contribution is 5.89. The monoisotopic (exact) mass is 287 g/mol. The molecule has 1 heterocycles. The number of nitrogens with zero attached hydrogens (tertiary/aromatic N) is 1. The van der Waals surface area contributed by atoms with E-state index >= 15 is 0 Å². The predicted molar refractivity (Wildman–Crippen MR) is 83.1 cm³/mol. The van der Waals surface area contributed by atoms with Gasteiger partial charge in [-0.05, 0) is 38.6 Å². The number of hydrogen-bond donors (Lipinski definition) is 4. The number of urea groups is 1. The Kier molecular flexibility index (Phi) is 4.94. The summed E-state index contributed by atoms with van der Waals surface area (Å²) in [6.07, 6.45) is 3.46. The number of H-pyrrole nitrogens is 1. The number of carbonyl (C=O) groups excluding carboxylic acids is 1. The molecule has 2 aromatic rings. The van der Waals surface area contributed by atoms with Gasteiger partial charge >= 0.3 is 6.03 Å². The van der Waals surface area contributed by atoms with Gasteiger partial charge in [0, 0.05) is 23.5 Å². The van der Waals surface area contributed by atoms with Crippen molar-refractivity contribution >= 4 is 11.7 Å². The highest BCUT2D eigenvalue weighted by atomic mass is 16.2. The summed E-state index contributed by atoms with van der Waals surface area (Å²) in [6.45, 7) is 3.98. The lowest BCUT2D eigenvalue weighted by Crippen LogP contribution is -2.31. The van der Waals surface area contributed by atoms with Crippen LogP contribution in [0, 0.1) is 0 Å².